The highest BCUT2D eigenvalue weighted by Crippen LogP contribution is 2.11. The minimum Gasteiger partial charge on any atom is -0.356 e. The first-order valence-corrected chi connectivity index (χ1v) is 12.2. The molecule has 3 heterocycles. The average Bonchev–Trinajstić information content (AvgIpc) is 3.30. The summed E-state index contributed by atoms with van der Waals surface area (Å²) in [6.07, 6.45) is 4.42. The maximum atomic E-state index is 12.6. The summed E-state index contributed by atoms with van der Waals surface area (Å²) in [5.74, 6) is 1.03. The normalized spacial score (nSPS) is 18.2. The minimum absolute atomic E-state index is 0.0108. The molecule has 0 bridgehead atoms. The highest BCUT2D eigenvalue weighted by Gasteiger charge is 2.24. The van der Waals surface area contributed by atoms with E-state index < -0.39 is 0 Å². The molecule has 2 saturated heterocycles. The summed E-state index contributed by atoms with van der Waals surface area (Å²) in [4.78, 5) is 38.6. The van der Waals surface area contributed by atoms with E-state index in [1.807, 2.05) is 4.90 Å². The van der Waals surface area contributed by atoms with Crippen LogP contribution in [0.3, 0.4) is 0 Å². The van der Waals surface area contributed by atoms with Gasteiger partial charge < -0.3 is 20.0 Å². The van der Waals surface area contributed by atoms with Gasteiger partial charge in [-0.1, -0.05) is 6.07 Å². The number of carbonyl (C=O) groups is 2. The zero-order valence-electron chi connectivity index (χ0n) is 18.9. The van der Waals surface area contributed by atoms with E-state index in [0.29, 0.717) is 6.54 Å². The van der Waals surface area contributed by atoms with Crippen LogP contribution in [0.5, 0.6) is 0 Å². The first-order chi connectivity index (χ1) is 15.0. The molecule has 2 fully saturated rings. The molecule has 2 aliphatic heterocycles. The number of guanidine groups is 1. The quantitative estimate of drug-likeness (QED) is 0.497. The van der Waals surface area contributed by atoms with Gasteiger partial charge in [0.2, 0.25) is 11.8 Å². The van der Waals surface area contributed by atoms with Crippen LogP contribution in [-0.2, 0) is 16.0 Å². The van der Waals surface area contributed by atoms with E-state index in [4.69, 9.17) is 0 Å². The molecule has 8 nitrogen and oxygen atoms in total. The van der Waals surface area contributed by atoms with Crippen molar-refractivity contribution < 1.29 is 9.59 Å². The maximum absolute atomic E-state index is 12.6. The molecule has 3 rings (SSSR count). The van der Waals surface area contributed by atoms with E-state index >= 15 is 0 Å². The first-order valence-electron chi connectivity index (χ1n) is 11.3. The fourth-order valence-corrected chi connectivity index (χ4v) is 4.57. The number of likely N-dealkylation sites (N-methyl/N-ethyl adjacent to an activating group) is 1. The van der Waals surface area contributed by atoms with Gasteiger partial charge in [0.1, 0.15) is 6.54 Å². The van der Waals surface area contributed by atoms with E-state index in [9.17, 15) is 9.59 Å². The number of nitrogens with zero attached hydrogens (tertiary/aromatic N) is 5. The Morgan fingerprint density at radius 3 is 2.45 bits per heavy atom. The van der Waals surface area contributed by atoms with Gasteiger partial charge in [0.15, 0.2) is 5.96 Å². The topological polar surface area (TPSA) is 71.5 Å². The lowest BCUT2D eigenvalue weighted by atomic mass is 10.1. The summed E-state index contributed by atoms with van der Waals surface area (Å²) in [5.41, 5.74) is 0. The number of piperidine rings is 1. The van der Waals surface area contributed by atoms with Crippen molar-refractivity contribution in [3.05, 3.63) is 22.4 Å². The van der Waals surface area contributed by atoms with Gasteiger partial charge in [-0.3, -0.25) is 14.5 Å². The van der Waals surface area contributed by atoms with Gasteiger partial charge in [0.05, 0.1) is 6.54 Å². The molecule has 0 atom stereocenters. The number of thiophene rings is 1. The summed E-state index contributed by atoms with van der Waals surface area (Å²) < 4.78 is 0. The fraction of sp³-hybridized carbons (Fsp3) is 0.682. The standard InChI is InChI=1S/C22H36N6O2S/c1-25(2)20(29)17-24-22(23-9-8-19-7-6-16-31-19)28-14-12-26(13-15-28)18-21(30)27-10-4-3-5-11-27/h6-7,16H,3-5,8-15,17-18H2,1-2H3,(H,23,24). The molecule has 1 aromatic rings. The van der Waals surface area contributed by atoms with Crippen molar-refractivity contribution in [1.29, 1.82) is 0 Å². The zero-order chi connectivity index (χ0) is 22.1. The number of rotatable bonds is 7. The molecule has 9 heteroatoms. The van der Waals surface area contributed by atoms with Crippen LogP contribution in [0.1, 0.15) is 24.1 Å². The lowest BCUT2D eigenvalue weighted by Gasteiger charge is -2.37. The zero-order valence-corrected chi connectivity index (χ0v) is 19.7. The minimum atomic E-state index is -0.0108. The van der Waals surface area contributed by atoms with Crippen molar-refractivity contribution in [2.45, 2.75) is 25.7 Å². The van der Waals surface area contributed by atoms with E-state index in [1.165, 1.54) is 11.3 Å². The second kappa shape index (κ2) is 12.0. The van der Waals surface area contributed by atoms with Crippen molar-refractivity contribution in [3.8, 4) is 0 Å². The lowest BCUT2D eigenvalue weighted by Crippen LogP contribution is -2.54. The van der Waals surface area contributed by atoms with Crippen molar-refractivity contribution in [2.75, 3.05) is 73.0 Å². The molecule has 1 N–H and O–H groups in total. The molecular weight excluding hydrogens is 412 g/mol. The molecule has 172 valence electrons. The fourth-order valence-electron chi connectivity index (χ4n) is 3.86. The van der Waals surface area contributed by atoms with Crippen LogP contribution < -0.4 is 5.32 Å². The Morgan fingerprint density at radius 2 is 1.81 bits per heavy atom. The van der Waals surface area contributed by atoms with Gasteiger partial charge in [-0.2, -0.15) is 0 Å². The summed E-state index contributed by atoms with van der Waals surface area (Å²) in [5, 5.41) is 5.54. The van der Waals surface area contributed by atoms with Gasteiger partial charge in [0.25, 0.3) is 0 Å². The lowest BCUT2D eigenvalue weighted by molar-refractivity contribution is -0.133. The first kappa shape index (κ1) is 23.5. The van der Waals surface area contributed by atoms with Crippen molar-refractivity contribution in [1.82, 2.24) is 24.9 Å². The number of amides is 2. The largest absolute Gasteiger partial charge is 0.356 e. The highest BCUT2D eigenvalue weighted by molar-refractivity contribution is 7.09. The summed E-state index contributed by atoms with van der Waals surface area (Å²) >= 11 is 1.75. The SMILES string of the molecule is CN(C)C(=O)CN=C(NCCc1cccs1)N1CCN(CC(=O)N2CCCCC2)CC1. The molecule has 0 spiro atoms. The number of nitrogens with one attached hydrogen (secondary N) is 1. The Labute approximate surface area is 189 Å². The Kier molecular flexibility index (Phi) is 9.14. The second-order valence-corrected chi connectivity index (χ2v) is 9.42. The number of piperazine rings is 1. The van der Waals surface area contributed by atoms with Crippen LogP contribution in [0.25, 0.3) is 0 Å². The molecule has 0 aliphatic carbocycles. The molecule has 0 radical (unpaired) electrons. The van der Waals surface area contributed by atoms with Crippen LogP contribution in [0.2, 0.25) is 0 Å². The second-order valence-electron chi connectivity index (χ2n) is 8.39. The molecule has 31 heavy (non-hydrogen) atoms. The Balaban J connectivity index is 1.50. The average molecular weight is 449 g/mol. The number of likely N-dealkylation sites (tertiary alicyclic amines) is 1. The summed E-state index contributed by atoms with van der Waals surface area (Å²) in [6, 6.07) is 4.20. The van der Waals surface area contributed by atoms with Crippen LogP contribution in [0.4, 0.5) is 0 Å². The van der Waals surface area contributed by atoms with Gasteiger partial charge in [0, 0.05) is 64.8 Å². The number of hydrogen-bond acceptors (Lipinski definition) is 5. The van der Waals surface area contributed by atoms with Crippen molar-refractivity contribution in [2.24, 2.45) is 4.99 Å². The predicted molar refractivity (Wildman–Crippen MR) is 125 cm³/mol. The molecule has 2 aliphatic rings. The molecule has 2 amide bonds. The summed E-state index contributed by atoms with van der Waals surface area (Å²) in [7, 11) is 3.50. The Hall–Kier alpha value is -2.13. The molecular formula is C22H36N6O2S. The Bertz CT molecular complexity index is 722. The molecule has 1 aromatic heterocycles. The predicted octanol–water partition coefficient (Wildman–Crippen LogP) is 0.955. The van der Waals surface area contributed by atoms with Gasteiger partial charge in [-0.15, -0.1) is 11.3 Å². The molecule has 0 aromatic carbocycles. The van der Waals surface area contributed by atoms with Crippen molar-refractivity contribution in [3.63, 3.8) is 0 Å². The monoisotopic (exact) mass is 448 g/mol. The van der Waals surface area contributed by atoms with Crippen molar-refractivity contribution >= 4 is 29.1 Å². The maximum Gasteiger partial charge on any atom is 0.243 e. The van der Waals surface area contributed by atoms with E-state index in [-0.39, 0.29) is 18.4 Å². The number of carbonyl (C=O) groups excluding carboxylic acids is 2. The van der Waals surface area contributed by atoms with E-state index in [0.717, 1.165) is 71.0 Å². The van der Waals surface area contributed by atoms with Crippen LogP contribution >= 0.6 is 11.3 Å². The van der Waals surface area contributed by atoms with Gasteiger partial charge in [-0.25, -0.2) is 4.99 Å². The van der Waals surface area contributed by atoms with E-state index in [2.05, 4.69) is 37.6 Å². The Morgan fingerprint density at radius 1 is 1.06 bits per heavy atom. The molecule has 0 saturated carbocycles. The third kappa shape index (κ3) is 7.50. The van der Waals surface area contributed by atoms with Crippen LogP contribution in [0, 0.1) is 0 Å². The molecule has 0 unspecified atom stereocenters. The smallest absolute Gasteiger partial charge is 0.243 e. The third-order valence-corrected chi connectivity index (χ3v) is 6.77. The van der Waals surface area contributed by atoms with Crippen LogP contribution in [-0.4, -0.2) is 110 Å². The summed E-state index contributed by atoms with van der Waals surface area (Å²) in [6.45, 7) is 6.49. The van der Waals surface area contributed by atoms with E-state index in [1.54, 1.807) is 30.3 Å². The van der Waals surface area contributed by atoms with Gasteiger partial charge >= 0.3 is 0 Å². The third-order valence-electron chi connectivity index (χ3n) is 5.84. The highest BCUT2D eigenvalue weighted by atomic mass is 32.1. The number of aliphatic imine (C=N–C) groups is 1. The van der Waals surface area contributed by atoms with Crippen LogP contribution in [0.15, 0.2) is 22.5 Å². The van der Waals surface area contributed by atoms with Gasteiger partial charge in [-0.05, 0) is 37.1 Å². The number of hydrogen-bond donors (Lipinski definition) is 1.